The molecule has 0 aromatic heterocycles. The Labute approximate surface area is 242 Å². The first-order valence-corrected chi connectivity index (χ1v) is 13.8. The van der Waals surface area contributed by atoms with Gasteiger partial charge < -0.3 is 22.1 Å². The van der Waals surface area contributed by atoms with Crippen LogP contribution >= 0.6 is 23.5 Å². The number of para-hydroxylation sites is 2. The molecule has 0 aliphatic carbocycles. The molecule has 10 heteroatoms. The average molecular weight is 571 g/mol. The van der Waals surface area contributed by atoms with E-state index in [1.54, 1.807) is 0 Å². The van der Waals surface area contributed by atoms with Crippen LogP contribution in [0.3, 0.4) is 0 Å². The second kappa shape index (κ2) is 15.8. The van der Waals surface area contributed by atoms with Gasteiger partial charge in [0, 0.05) is 34.9 Å². The van der Waals surface area contributed by atoms with Crippen molar-refractivity contribution < 1.29 is 9.59 Å². The fourth-order valence-electron chi connectivity index (χ4n) is 3.06. The number of nitrogens with zero attached hydrogens (tertiary/aromatic N) is 2. The third-order valence-corrected chi connectivity index (χ3v) is 6.16. The molecule has 4 rings (SSSR count). The van der Waals surface area contributed by atoms with Crippen LogP contribution in [-0.2, 0) is 0 Å². The van der Waals surface area contributed by atoms with E-state index < -0.39 is 0 Å². The molecule has 6 N–H and O–H groups in total. The number of hydrogen-bond donors (Lipinski definition) is 4. The van der Waals surface area contributed by atoms with E-state index in [0.717, 1.165) is 57.4 Å². The zero-order valence-corrected chi connectivity index (χ0v) is 23.7. The number of rotatable bonds is 4. The molecule has 204 valence electrons. The van der Waals surface area contributed by atoms with E-state index in [4.69, 9.17) is 11.5 Å². The van der Waals surface area contributed by atoms with Crippen LogP contribution in [0.1, 0.15) is 11.1 Å². The summed E-state index contributed by atoms with van der Waals surface area (Å²) in [5.74, 6) is 0. The first-order chi connectivity index (χ1) is 19.3. The first kappa shape index (κ1) is 30.0. The largest absolute Gasteiger partial charge is 0.378 e. The number of carbonyl (C=O) groups is 2. The lowest BCUT2D eigenvalue weighted by molar-refractivity contribution is 0.269. The molecule has 0 spiro atoms. The number of thioether (sulfide) groups is 2. The molecule has 0 bridgehead atoms. The van der Waals surface area contributed by atoms with Gasteiger partial charge in [-0.15, -0.1) is 0 Å². The number of amides is 2. The van der Waals surface area contributed by atoms with Crippen LogP contribution in [0.25, 0.3) is 0 Å². The summed E-state index contributed by atoms with van der Waals surface area (Å²) in [6.07, 6.45) is 0. The number of hydrogen-bond acceptors (Lipinski definition) is 6. The molecule has 0 aliphatic rings. The highest BCUT2D eigenvalue weighted by molar-refractivity contribution is 8.26. The highest BCUT2D eigenvalue weighted by atomic mass is 32.2. The molecule has 4 aromatic rings. The number of carbonyl (C=O) groups excluding carboxylic acids is 2. The van der Waals surface area contributed by atoms with Gasteiger partial charge in [-0.05, 0) is 62.4 Å². The summed E-state index contributed by atoms with van der Waals surface area (Å²) in [7, 11) is 0. The van der Waals surface area contributed by atoms with E-state index in [0.29, 0.717) is 0 Å². The van der Waals surface area contributed by atoms with Gasteiger partial charge in [-0.2, -0.15) is 0 Å². The summed E-state index contributed by atoms with van der Waals surface area (Å²) < 4.78 is 0. The Bertz CT molecular complexity index is 1440. The van der Waals surface area contributed by atoms with Crippen molar-refractivity contribution >= 4 is 67.1 Å². The lowest BCUT2D eigenvalue weighted by atomic mass is 10.2. The average Bonchev–Trinajstić information content (AvgIpc) is 2.92. The lowest BCUT2D eigenvalue weighted by Crippen LogP contribution is -2.14. The SMILES string of the molecule is Cc1ccc(N=C(N)SC(=O)Nc2ccc(C)cc2)cc1.NC(=Nc1ccccc1)SC(=O)Nc1ccccc1. The Hall–Kier alpha value is -4.54. The van der Waals surface area contributed by atoms with E-state index in [9.17, 15) is 9.59 Å². The summed E-state index contributed by atoms with van der Waals surface area (Å²) in [5.41, 5.74) is 16.7. The maximum Gasteiger partial charge on any atom is 0.291 e. The third kappa shape index (κ3) is 11.5. The molecule has 4 aromatic carbocycles. The van der Waals surface area contributed by atoms with Crippen LogP contribution in [0.5, 0.6) is 0 Å². The van der Waals surface area contributed by atoms with E-state index >= 15 is 0 Å². The van der Waals surface area contributed by atoms with Crippen LogP contribution in [0.4, 0.5) is 32.3 Å². The molecule has 0 aliphatic heterocycles. The van der Waals surface area contributed by atoms with Crippen molar-refractivity contribution in [2.75, 3.05) is 10.6 Å². The summed E-state index contributed by atoms with van der Waals surface area (Å²) in [5, 5.41) is 5.38. The zero-order chi connectivity index (χ0) is 28.7. The van der Waals surface area contributed by atoms with Crippen LogP contribution < -0.4 is 22.1 Å². The van der Waals surface area contributed by atoms with Gasteiger partial charge in [-0.3, -0.25) is 9.59 Å². The minimum Gasteiger partial charge on any atom is -0.378 e. The molecule has 0 atom stereocenters. The van der Waals surface area contributed by atoms with Crippen molar-refractivity contribution in [1.82, 2.24) is 0 Å². The van der Waals surface area contributed by atoms with Crippen molar-refractivity contribution in [3.05, 3.63) is 120 Å². The van der Waals surface area contributed by atoms with Gasteiger partial charge in [0.2, 0.25) is 0 Å². The Balaban J connectivity index is 0.000000222. The zero-order valence-electron chi connectivity index (χ0n) is 22.1. The van der Waals surface area contributed by atoms with E-state index in [1.807, 2.05) is 123 Å². The Morgan fingerprint density at radius 2 is 0.925 bits per heavy atom. The Kier molecular flexibility index (Phi) is 11.8. The lowest BCUT2D eigenvalue weighted by Gasteiger charge is -2.04. The van der Waals surface area contributed by atoms with Crippen molar-refractivity contribution in [2.45, 2.75) is 13.8 Å². The fourth-order valence-corrected chi connectivity index (χ4v) is 4.08. The number of aryl methyl sites for hydroxylation is 2. The molecule has 8 nitrogen and oxygen atoms in total. The molecule has 2 amide bonds. The number of anilines is 2. The quantitative estimate of drug-likeness (QED) is 0.146. The second-order valence-electron chi connectivity index (χ2n) is 8.33. The van der Waals surface area contributed by atoms with Gasteiger partial charge in [0.05, 0.1) is 11.4 Å². The fraction of sp³-hybridized carbons (Fsp3) is 0.0667. The van der Waals surface area contributed by atoms with Crippen LogP contribution in [0.2, 0.25) is 0 Å². The molecular formula is C30H30N6O2S2. The topological polar surface area (TPSA) is 135 Å². The molecule has 0 unspecified atom stereocenters. The van der Waals surface area contributed by atoms with Gasteiger partial charge >= 0.3 is 0 Å². The minimum absolute atomic E-state index is 0.208. The normalized spacial score (nSPS) is 11.2. The van der Waals surface area contributed by atoms with Gasteiger partial charge in [-0.1, -0.05) is 71.8 Å². The number of amidine groups is 2. The summed E-state index contributed by atoms with van der Waals surface area (Å²) in [6, 6.07) is 33.6. The molecular weight excluding hydrogens is 541 g/mol. The number of nitrogens with two attached hydrogens (primary N) is 2. The van der Waals surface area contributed by atoms with Crippen molar-refractivity contribution in [3.8, 4) is 0 Å². The van der Waals surface area contributed by atoms with Crippen LogP contribution in [0, 0.1) is 13.8 Å². The van der Waals surface area contributed by atoms with Crippen molar-refractivity contribution in [2.24, 2.45) is 21.5 Å². The highest BCUT2D eigenvalue weighted by Gasteiger charge is 2.07. The number of nitrogens with one attached hydrogen (secondary N) is 2. The molecule has 0 radical (unpaired) electrons. The molecule has 0 saturated heterocycles. The summed E-state index contributed by atoms with van der Waals surface area (Å²) >= 11 is 1.74. The standard InChI is InChI=1S/C16H17N3OS.C14H13N3OS/c1-11-3-7-13(8-4-11)18-15(17)21-16(20)19-14-9-5-12(2)6-10-14;15-13(16-11-7-3-1-4-8-11)19-14(18)17-12-9-5-2-6-10-12/h3-10H,1-2H3,(H2,17,18)(H,19,20);1-10H,(H2,15,16)(H,17,18). The van der Waals surface area contributed by atoms with E-state index in [2.05, 4.69) is 20.6 Å². The van der Waals surface area contributed by atoms with Crippen LogP contribution in [-0.4, -0.2) is 20.8 Å². The molecule has 40 heavy (non-hydrogen) atoms. The molecule has 0 fully saturated rings. The first-order valence-electron chi connectivity index (χ1n) is 12.2. The van der Waals surface area contributed by atoms with Gasteiger partial charge in [-0.25, -0.2) is 9.98 Å². The molecule has 0 saturated carbocycles. The number of aliphatic imine (C=N–C) groups is 2. The second-order valence-corrected chi connectivity index (χ2v) is 10.3. The maximum atomic E-state index is 11.8. The van der Waals surface area contributed by atoms with Gasteiger partial charge in [0.15, 0.2) is 10.3 Å². The third-order valence-electron chi connectivity index (χ3n) is 4.98. The van der Waals surface area contributed by atoms with E-state index in [-0.39, 0.29) is 20.8 Å². The molecule has 0 heterocycles. The maximum absolute atomic E-state index is 11.8. The van der Waals surface area contributed by atoms with Crippen molar-refractivity contribution in [3.63, 3.8) is 0 Å². The van der Waals surface area contributed by atoms with Crippen molar-refractivity contribution in [1.29, 1.82) is 0 Å². The summed E-state index contributed by atoms with van der Waals surface area (Å²) in [6.45, 7) is 3.99. The highest BCUT2D eigenvalue weighted by Crippen LogP contribution is 2.18. The van der Waals surface area contributed by atoms with E-state index in [1.165, 1.54) is 0 Å². The van der Waals surface area contributed by atoms with Crippen LogP contribution in [0.15, 0.2) is 119 Å². The predicted octanol–water partition coefficient (Wildman–Crippen LogP) is 7.81. The minimum atomic E-state index is -0.261. The monoisotopic (exact) mass is 570 g/mol. The van der Waals surface area contributed by atoms with Gasteiger partial charge in [0.1, 0.15) is 0 Å². The summed E-state index contributed by atoms with van der Waals surface area (Å²) in [4.78, 5) is 31.9. The predicted molar refractivity (Wildman–Crippen MR) is 171 cm³/mol. The smallest absolute Gasteiger partial charge is 0.291 e. The Morgan fingerprint density at radius 3 is 1.40 bits per heavy atom. The van der Waals surface area contributed by atoms with Gasteiger partial charge in [0.25, 0.3) is 10.5 Å². The Morgan fingerprint density at radius 1 is 0.550 bits per heavy atom. The number of benzene rings is 4.